The first-order chi connectivity index (χ1) is 9.61. The van der Waals surface area contributed by atoms with Crippen molar-refractivity contribution in [2.75, 3.05) is 0 Å². The minimum absolute atomic E-state index is 0.697. The van der Waals surface area contributed by atoms with Crippen molar-refractivity contribution in [3.05, 3.63) is 45.7 Å². The standard InChI is InChI=1S/C16H18BrN3/c1-10-7-12(17)3-6-15(10)16-19-11(2)8-14(20-16)9-18-13-4-5-13/h3,6-8,13,18H,4-5,9H2,1-2H3. The summed E-state index contributed by atoms with van der Waals surface area (Å²) in [6.45, 7) is 4.95. The van der Waals surface area contributed by atoms with E-state index in [1.807, 2.05) is 13.0 Å². The van der Waals surface area contributed by atoms with E-state index < -0.39 is 0 Å². The van der Waals surface area contributed by atoms with Crippen molar-refractivity contribution < 1.29 is 0 Å². The van der Waals surface area contributed by atoms with E-state index in [0.717, 1.165) is 33.8 Å². The summed E-state index contributed by atoms with van der Waals surface area (Å²) in [6.07, 6.45) is 2.59. The van der Waals surface area contributed by atoms with Crippen LogP contribution in [-0.4, -0.2) is 16.0 Å². The Morgan fingerprint density at radius 2 is 2.00 bits per heavy atom. The van der Waals surface area contributed by atoms with Crippen molar-refractivity contribution in [2.45, 2.75) is 39.3 Å². The fourth-order valence-electron chi connectivity index (χ4n) is 2.26. The Morgan fingerprint density at radius 3 is 2.70 bits per heavy atom. The van der Waals surface area contributed by atoms with Gasteiger partial charge in [-0.05, 0) is 56.5 Å². The maximum Gasteiger partial charge on any atom is 0.159 e. The third kappa shape index (κ3) is 3.25. The van der Waals surface area contributed by atoms with Crippen molar-refractivity contribution in [3.8, 4) is 11.4 Å². The highest BCUT2D eigenvalue weighted by molar-refractivity contribution is 9.10. The Balaban J connectivity index is 1.91. The zero-order valence-corrected chi connectivity index (χ0v) is 13.4. The number of benzene rings is 1. The highest BCUT2D eigenvalue weighted by atomic mass is 79.9. The molecule has 1 saturated carbocycles. The zero-order valence-electron chi connectivity index (χ0n) is 11.8. The van der Waals surface area contributed by atoms with Gasteiger partial charge in [0.05, 0.1) is 5.69 Å². The summed E-state index contributed by atoms with van der Waals surface area (Å²) in [4.78, 5) is 9.29. The smallest absolute Gasteiger partial charge is 0.159 e. The average Bonchev–Trinajstić information content (AvgIpc) is 3.19. The Labute approximate surface area is 128 Å². The van der Waals surface area contributed by atoms with E-state index in [1.54, 1.807) is 0 Å². The summed E-state index contributed by atoms with van der Waals surface area (Å²) in [7, 11) is 0. The van der Waals surface area contributed by atoms with Crippen LogP contribution < -0.4 is 5.32 Å². The number of halogens is 1. The Kier molecular flexibility index (Phi) is 3.85. The van der Waals surface area contributed by atoms with E-state index >= 15 is 0 Å². The lowest BCUT2D eigenvalue weighted by Crippen LogP contribution is -2.16. The maximum atomic E-state index is 4.71. The van der Waals surface area contributed by atoms with Crippen LogP contribution in [0.4, 0.5) is 0 Å². The van der Waals surface area contributed by atoms with E-state index in [0.29, 0.717) is 6.04 Å². The molecular weight excluding hydrogens is 314 g/mol. The number of rotatable bonds is 4. The largest absolute Gasteiger partial charge is 0.308 e. The van der Waals surface area contributed by atoms with Crippen LogP contribution in [0.5, 0.6) is 0 Å². The maximum absolute atomic E-state index is 4.71. The van der Waals surface area contributed by atoms with Gasteiger partial charge in [0.25, 0.3) is 0 Å². The Hall–Kier alpha value is -1.26. The van der Waals surface area contributed by atoms with E-state index in [9.17, 15) is 0 Å². The van der Waals surface area contributed by atoms with Gasteiger partial charge in [0.1, 0.15) is 0 Å². The summed E-state index contributed by atoms with van der Waals surface area (Å²) < 4.78 is 1.09. The second-order valence-electron chi connectivity index (χ2n) is 5.44. The summed E-state index contributed by atoms with van der Waals surface area (Å²) >= 11 is 3.49. The lowest BCUT2D eigenvalue weighted by Gasteiger charge is -2.09. The number of aromatic nitrogens is 2. The number of nitrogens with zero attached hydrogens (tertiary/aromatic N) is 2. The first-order valence-electron chi connectivity index (χ1n) is 6.96. The van der Waals surface area contributed by atoms with Gasteiger partial charge in [0, 0.05) is 28.3 Å². The van der Waals surface area contributed by atoms with E-state index in [-0.39, 0.29) is 0 Å². The molecule has 0 amide bonds. The lowest BCUT2D eigenvalue weighted by molar-refractivity contribution is 0.672. The summed E-state index contributed by atoms with van der Waals surface area (Å²) in [6, 6.07) is 8.97. The van der Waals surface area contributed by atoms with Crippen LogP contribution in [0.1, 0.15) is 29.8 Å². The Bertz CT molecular complexity index is 636. The third-order valence-electron chi connectivity index (χ3n) is 3.49. The van der Waals surface area contributed by atoms with Gasteiger partial charge < -0.3 is 5.32 Å². The van der Waals surface area contributed by atoms with Crippen LogP contribution in [0, 0.1) is 13.8 Å². The number of aryl methyl sites for hydroxylation is 2. The van der Waals surface area contributed by atoms with Crippen molar-refractivity contribution >= 4 is 15.9 Å². The molecule has 4 heteroatoms. The van der Waals surface area contributed by atoms with Crippen LogP contribution in [0.15, 0.2) is 28.7 Å². The molecule has 1 heterocycles. The van der Waals surface area contributed by atoms with Crippen LogP contribution >= 0.6 is 15.9 Å². The molecule has 1 aliphatic rings. The molecule has 0 aliphatic heterocycles. The Morgan fingerprint density at radius 1 is 1.20 bits per heavy atom. The summed E-state index contributed by atoms with van der Waals surface area (Å²) in [5.74, 6) is 0.822. The highest BCUT2D eigenvalue weighted by Crippen LogP contribution is 2.24. The molecule has 3 rings (SSSR count). The van der Waals surface area contributed by atoms with Crippen LogP contribution in [-0.2, 0) is 6.54 Å². The molecule has 0 bridgehead atoms. The monoisotopic (exact) mass is 331 g/mol. The number of hydrogen-bond donors (Lipinski definition) is 1. The second kappa shape index (κ2) is 5.62. The predicted octanol–water partition coefficient (Wildman–Crippen LogP) is 3.77. The fourth-order valence-corrected chi connectivity index (χ4v) is 2.73. The minimum atomic E-state index is 0.697. The van der Waals surface area contributed by atoms with Crippen molar-refractivity contribution in [2.24, 2.45) is 0 Å². The molecule has 1 aromatic carbocycles. The van der Waals surface area contributed by atoms with Crippen LogP contribution in [0.2, 0.25) is 0 Å². The normalized spacial score (nSPS) is 14.6. The first-order valence-corrected chi connectivity index (χ1v) is 7.75. The van der Waals surface area contributed by atoms with Crippen LogP contribution in [0.3, 0.4) is 0 Å². The van der Waals surface area contributed by atoms with Gasteiger partial charge in [-0.1, -0.05) is 15.9 Å². The number of nitrogens with one attached hydrogen (secondary N) is 1. The van der Waals surface area contributed by atoms with Crippen molar-refractivity contribution in [1.29, 1.82) is 0 Å². The predicted molar refractivity (Wildman–Crippen MR) is 84.5 cm³/mol. The fraction of sp³-hybridized carbons (Fsp3) is 0.375. The van der Waals surface area contributed by atoms with Gasteiger partial charge in [-0.15, -0.1) is 0 Å². The van der Waals surface area contributed by atoms with E-state index in [2.05, 4.69) is 51.4 Å². The average molecular weight is 332 g/mol. The molecule has 0 spiro atoms. The van der Waals surface area contributed by atoms with Gasteiger partial charge in [-0.2, -0.15) is 0 Å². The van der Waals surface area contributed by atoms with Gasteiger partial charge in [0.2, 0.25) is 0 Å². The zero-order chi connectivity index (χ0) is 14.1. The molecule has 0 unspecified atom stereocenters. The highest BCUT2D eigenvalue weighted by Gasteiger charge is 2.20. The third-order valence-corrected chi connectivity index (χ3v) is 3.98. The lowest BCUT2D eigenvalue weighted by atomic mass is 10.1. The molecule has 20 heavy (non-hydrogen) atoms. The molecule has 104 valence electrons. The number of hydrogen-bond acceptors (Lipinski definition) is 3. The van der Waals surface area contributed by atoms with Crippen LogP contribution in [0.25, 0.3) is 11.4 Å². The summed E-state index contributed by atoms with van der Waals surface area (Å²) in [5, 5.41) is 3.50. The molecule has 1 aromatic heterocycles. The molecule has 0 radical (unpaired) electrons. The summed E-state index contributed by atoms with van der Waals surface area (Å²) in [5.41, 5.74) is 4.38. The molecule has 0 atom stereocenters. The van der Waals surface area contributed by atoms with Crippen molar-refractivity contribution in [1.82, 2.24) is 15.3 Å². The molecule has 1 aliphatic carbocycles. The molecule has 1 fully saturated rings. The minimum Gasteiger partial charge on any atom is -0.308 e. The van der Waals surface area contributed by atoms with E-state index in [4.69, 9.17) is 4.98 Å². The van der Waals surface area contributed by atoms with Crippen molar-refractivity contribution in [3.63, 3.8) is 0 Å². The molecule has 0 saturated heterocycles. The molecule has 3 nitrogen and oxygen atoms in total. The van der Waals surface area contributed by atoms with Gasteiger partial charge in [0.15, 0.2) is 5.82 Å². The second-order valence-corrected chi connectivity index (χ2v) is 6.35. The first kappa shape index (κ1) is 13.7. The van der Waals surface area contributed by atoms with Gasteiger partial charge in [-0.25, -0.2) is 9.97 Å². The van der Waals surface area contributed by atoms with Gasteiger partial charge in [-0.3, -0.25) is 0 Å². The molecule has 1 N–H and O–H groups in total. The molecule has 2 aromatic rings. The van der Waals surface area contributed by atoms with Gasteiger partial charge >= 0.3 is 0 Å². The topological polar surface area (TPSA) is 37.8 Å². The van der Waals surface area contributed by atoms with E-state index in [1.165, 1.54) is 18.4 Å². The molecular formula is C16H18BrN3. The SMILES string of the molecule is Cc1cc(CNC2CC2)nc(-c2ccc(Br)cc2C)n1. The quantitative estimate of drug-likeness (QED) is 0.926.